The Bertz CT molecular complexity index is 1850. The number of fused-ring (bicyclic) bond motifs is 1. The number of aromatic nitrogens is 1. The average molecular weight is 717 g/mol. The number of ether oxygens (including phenoxy) is 6. The van der Waals surface area contributed by atoms with Crippen LogP contribution in [0.25, 0.3) is 10.9 Å². The van der Waals surface area contributed by atoms with Gasteiger partial charge in [0.1, 0.15) is 5.75 Å². The number of carboxylic acid groups (broad SMARTS) is 1. The van der Waals surface area contributed by atoms with Crippen LogP contribution in [-0.2, 0) is 28.9 Å². The van der Waals surface area contributed by atoms with Gasteiger partial charge in [-0.1, -0.05) is 24.3 Å². The highest BCUT2D eigenvalue weighted by Gasteiger charge is 2.50. The first-order chi connectivity index (χ1) is 24.6. The van der Waals surface area contributed by atoms with Crippen LogP contribution >= 0.6 is 0 Å². The predicted octanol–water partition coefficient (Wildman–Crippen LogP) is 7.77. The molecule has 0 saturated carbocycles. The Labute approximate surface area is 306 Å². The summed E-state index contributed by atoms with van der Waals surface area (Å²) in [5, 5.41) is 11.1. The first-order valence-corrected chi connectivity index (χ1v) is 17.6. The minimum Gasteiger partial charge on any atom is -0.497 e. The van der Waals surface area contributed by atoms with E-state index in [0.29, 0.717) is 53.5 Å². The van der Waals surface area contributed by atoms with Crippen molar-refractivity contribution in [3.8, 4) is 23.0 Å². The van der Waals surface area contributed by atoms with Crippen molar-refractivity contribution in [2.75, 3.05) is 41.7 Å². The number of carbonyl (C=O) groups is 2. The van der Waals surface area contributed by atoms with Crippen molar-refractivity contribution >= 4 is 22.8 Å². The maximum atomic E-state index is 14.0. The molecule has 52 heavy (non-hydrogen) atoms. The molecule has 2 heterocycles. The number of hydrogen-bond acceptors (Lipinski definition) is 8. The molecular formula is C41H52N2O9. The summed E-state index contributed by atoms with van der Waals surface area (Å²) in [6.45, 7) is 10.6. The third-order valence-corrected chi connectivity index (χ3v) is 9.74. The van der Waals surface area contributed by atoms with Crippen molar-refractivity contribution in [2.45, 2.75) is 83.7 Å². The molecule has 0 atom stereocenters. The number of nitrogens with zero attached hydrogens (tertiary/aromatic N) is 2. The zero-order valence-electron chi connectivity index (χ0n) is 31.8. The highest BCUT2D eigenvalue weighted by Crippen LogP contribution is 2.40. The van der Waals surface area contributed by atoms with Gasteiger partial charge in [-0.2, -0.15) is 0 Å². The molecule has 1 aromatic heterocycles. The summed E-state index contributed by atoms with van der Waals surface area (Å²) in [5.74, 6) is 1.04. The quantitative estimate of drug-likeness (QED) is 0.131. The maximum absolute atomic E-state index is 14.0. The number of benzene rings is 3. The number of hydrogen-bond donors (Lipinski definition) is 1. The highest BCUT2D eigenvalue weighted by molar-refractivity contribution is 6.17. The molecule has 0 aliphatic carbocycles. The Morgan fingerprint density at radius 3 is 1.96 bits per heavy atom. The first-order valence-electron chi connectivity index (χ1n) is 17.6. The summed E-state index contributed by atoms with van der Waals surface area (Å²) in [6.07, 6.45) is 3.83. The van der Waals surface area contributed by atoms with E-state index in [9.17, 15) is 14.7 Å². The van der Waals surface area contributed by atoms with Crippen molar-refractivity contribution < 1.29 is 43.1 Å². The van der Waals surface area contributed by atoms with E-state index in [1.165, 1.54) is 31.8 Å². The van der Waals surface area contributed by atoms with Gasteiger partial charge in [-0.3, -0.25) is 9.69 Å². The fourth-order valence-corrected chi connectivity index (χ4v) is 7.12. The molecule has 3 aromatic carbocycles. The normalized spacial score (nSPS) is 15.2. The molecule has 1 aliphatic rings. The number of carbonyl (C=O) groups excluding carboxylic acids is 1. The Kier molecular flexibility index (Phi) is 11.5. The minimum atomic E-state index is -0.985. The maximum Gasteiger partial charge on any atom is 0.408 e. The molecule has 0 bridgehead atoms. The Morgan fingerprint density at radius 2 is 1.44 bits per heavy atom. The Hall–Kier alpha value is -4.74. The second kappa shape index (κ2) is 15.5. The fraction of sp³-hybridized carbons (Fsp3) is 0.463. The molecule has 0 unspecified atom stereocenters. The van der Waals surface area contributed by atoms with Gasteiger partial charge in [-0.05, 0) is 95.7 Å². The van der Waals surface area contributed by atoms with E-state index in [2.05, 4.69) is 28.8 Å². The molecule has 1 fully saturated rings. The lowest BCUT2D eigenvalue weighted by Gasteiger charge is -2.53. The standard InChI is InChI=1S/C41H52N2O9/c1-39(2,3)43(38(45)46)41(25-51-40(4,5)52-26-41)19-18-28-14-12-27(13-15-28)11-10-20-42-24-32(31-17-16-30(47-6)23-33(31)42)36(44)29-21-34(48-7)37(50-9)35(22-29)49-8/h12-17,21-24H,10-11,18-20,25-26H2,1-9H3,(H,45,46). The van der Waals surface area contributed by atoms with Gasteiger partial charge in [-0.25, -0.2) is 4.79 Å². The molecule has 11 nitrogen and oxygen atoms in total. The number of amides is 1. The van der Waals surface area contributed by atoms with Crippen molar-refractivity contribution in [3.63, 3.8) is 0 Å². The van der Waals surface area contributed by atoms with E-state index >= 15 is 0 Å². The molecule has 280 valence electrons. The molecule has 0 radical (unpaired) electrons. The fourth-order valence-electron chi connectivity index (χ4n) is 7.12. The van der Waals surface area contributed by atoms with Crippen molar-refractivity contribution in [3.05, 3.63) is 83.0 Å². The van der Waals surface area contributed by atoms with E-state index in [1.54, 1.807) is 19.2 Å². The van der Waals surface area contributed by atoms with E-state index < -0.39 is 23.0 Å². The van der Waals surface area contributed by atoms with Crippen LogP contribution < -0.4 is 18.9 Å². The summed E-state index contributed by atoms with van der Waals surface area (Å²) < 4.78 is 36.1. The van der Waals surface area contributed by atoms with Gasteiger partial charge in [0.25, 0.3) is 0 Å². The average Bonchev–Trinajstić information content (AvgIpc) is 3.48. The minimum absolute atomic E-state index is 0.158. The first kappa shape index (κ1) is 38.5. The number of rotatable bonds is 14. The van der Waals surface area contributed by atoms with E-state index in [1.807, 2.05) is 59.0 Å². The van der Waals surface area contributed by atoms with E-state index in [4.69, 9.17) is 28.4 Å². The molecule has 0 spiro atoms. The Balaban J connectivity index is 1.30. The highest BCUT2D eigenvalue weighted by atomic mass is 16.7. The van der Waals surface area contributed by atoms with Gasteiger partial charge in [0.05, 0.1) is 52.7 Å². The SMILES string of the molecule is COc1ccc2c(C(=O)c3cc(OC)c(OC)c(OC)c3)cn(CCCc3ccc(CCC4(N(C(=O)O)C(C)(C)C)COC(C)(C)OC4)cc3)c2c1. The van der Waals surface area contributed by atoms with Crippen LogP contribution in [0.15, 0.2) is 60.8 Å². The molecule has 1 amide bonds. The lowest BCUT2D eigenvalue weighted by Crippen LogP contribution is -2.67. The van der Waals surface area contributed by atoms with Crippen LogP contribution in [0.2, 0.25) is 0 Å². The zero-order valence-corrected chi connectivity index (χ0v) is 31.8. The van der Waals surface area contributed by atoms with E-state index in [0.717, 1.165) is 29.3 Å². The monoisotopic (exact) mass is 716 g/mol. The summed E-state index contributed by atoms with van der Waals surface area (Å²) in [7, 11) is 6.21. The van der Waals surface area contributed by atoms with Gasteiger partial charge >= 0.3 is 6.09 Å². The van der Waals surface area contributed by atoms with Crippen LogP contribution in [0.3, 0.4) is 0 Å². The van der Waals surface area contributed by atoms with Crippen LogP contribution in [0.1, 0.15) is 74.5 Å². The van der Waals surface area contributed by atoms with Crippen LogP contribution in [0.4, 0.5) is 4.79 Å². The molecule has 4 aromatic rings. The lowest BCUT2D eigenvalue weighted by atomic mass is 9.86. The van der Waals surface area contributed by atoms with Crippen LogP contribution in [0, 0.1) is 0 Å². The van der Waals surface area contributed by atoms with Crippen molar-refractivity contribution in [2.24, 2.45) is 0 Å². The van der Waals surface area contributed by atoms with Gasteiger partial charge < -0.3 is 38.1 Å². The topological polar surface area (TPSA) is 118 Å². The second-order valence-corrected chi connectivity index (χ2v) is 14.8. The summed E-state index contributed by atoms with van der Waals surface area (Å²) in [6, 6.07) is 17.6. The molecular weight excluding hydrogens is 664 g/mol. The third-order valence-electron chi connectivity index (χ3n) is 9.74. The number of aryl methyl sites for hydroxylation is 3. The molecule has 11 heteroatoms. The van der Waals surface area contributed by atoms with Gasteiger partial charge in [0, 0.05) is 40.9 Å². The largest absolute Gasteiger partial charge is 0.497 e. The van der Waals surface area contributed by atoms with Crippen molar-refractivity contribution in [1.82, 2.24) is 9.47 Å². The summed E-state index contributed by atoms with van der Waals surface area (Å²) in [5.41, 5.74) is 2.76. The van der Waals surface area contributed by atoms with Crippen molar-refractivity contribution in [1.29, 1.82) is 0 Å². The summed E-state index contributed by atoms with van der Waals surface area (Å²) >= 11 is 0. The van der Waals surface area contributed by atoms with Gasteiger partial charge in [0.2, 0.25) is 5.75 Å². The Morgan fingerprint density at radius 1 is 0.846 bits per heavy atom. The molecule has 1 aliphatic heterocycles. The zero-order chi connectivity index (χ0) is 37.8. The predicted molar refractivity (Wildman–Crippen MR) is 199 cm³/mol. The molecule has 1 N–H and O–H groups in total. The van der Waals surface area contributed by atoms with Gasteiger partial charge in [-0.15, -0.1) is 0 Å². The summed E-state index contributed by atoms with van der Waals surface area (Å²) in [4.78, 5) is 28.0. The molecule has 1 saturated heterocycles. The van der Waals surface area contributed by atoms with Crippen LogP contribution in [-0.4, -0.2) is 85.0 Å². The number of methoxy groups -OCH3 is 4. The van der Waals surface area contributed by atoms with Gasteiger partial charge in [0.15, 0.2) is 23.1 Å². The number of ketones is 1. The lowest BCUT2D eigenvalue weighted by molar-refractivity contribution is -0.289. The second-order valence-electron chi connectivity index (χ2n) is 14.8. The third kappa shape index (κ3) is 8.16. The smallest absolute Gasteiger partial charge is 0.408 e. The van der Waals surface area contributed by atoms with Crippen LogP contribution in [0.5, 0.6) is 23.0 Å². The van der Waals surface area contributed by atoms with E-state index in [-0.39, 0.29) is 19.0 Å². The molecule has 5 rings (SSSR count).